The maximum Gasteiger partial charge on any atom is 0.279 e. The zero-order valence-electron chi connectivity index (χ0n) is 15.9. The molecule has 6 nitrogen and oxygen atoms in total. The van der Waals surface area contributed by atoms with Crippen LogP contribution in [0.3, 0.4) is 0 Å². The van der Waals surface area contributed by atoms with Gasteiger partial charge in [0.25, 0.3) is 5.91 Å². The molecule has 0 saturated carbocycles. The number of nitrogens with zero attached hydrogens (tertiary/aromatic N) is 2. The van der Waals surface area contributed by atoms with E-state index in [1.165, 1.54) is 47.5 Å². The van der Waals surface area contributed by atoms with Gasteiger partial charge in [0.1, 0.15) is 5.01 Å². The quantitative estimate of drug-likeness (QED) is 0.619. The molecule has 3 aromatic rings. The second kappa shape index (κ2) is 9.28. The molecule has 29 heavy (non-hydrogen) atoms. The number of nitrogens with one attached hydrogen (secondary N) is 2. The van der Waals surface area contributed by atoms with Gasteiger partial charge in [-0.3, -0.25) is 25.4 Å². The van der Waals surface area contributed by atoms with Crippen LogP contribution in [0, 0.1) is 0 Å². The summed E-state index contributed by atoms with van der Waals surface area (Å²) in [7, 11) is 0. The van der Waals surface area contributed by atoms with Crippen molar-refractivity contribution in [1.29, 1.82) is 0 Å². The molecule has 2 amide bonds. The molecular weight excluding hydrogens is 404 g/mol. The number of carbonyl (C=O) groups excluding carboxylic acids is 2. The fourth-order valence-corrected chi connectivity index (χ4v) is 5.32. The predicted octanol–water partition coefficient (Wildman–Crippen LogP) is 3.93. The van der Waals surface area contributed by atoms with E-state index in [1.54, 1.807) is 23.7 Å². The first-order valence-electron chi connectivity index (χ1n) is 9.74. The second-order valence-electron chi connectivity index (χ2n) is 7.04. The Morgan fingerprint density at radius 2 is 1.97 bits per heavy atom. The molecule has 0 fully saturated rings. The highest BCUT2D eigenvalue weighted by Gasteiger charge is 2.17. The highest BCUT2D eigenvalue weighted by molar-refractivity contribution is 7.14. The molecule has 4 rings (SSSR count). The van der Waals surface area contributed by atoms with Crippen LogP contribution in [0.2, 0.25) is 0 Å². The van der Waals surface area contributed by atoms with E-state index in [4.69, 9.17) is 0 Å². The number of aryl methyl sites for hydroxylation is 2. The van der Waals surface area contributed by atoms with Gasteiger partial charge in [-0.2, -0.15) is 0 Å². The van der Waals surface area contributed by atoms with Crippen LogP contribution >= 0.6 is 22.7 Å². The summed E-state index contributed by atoms with van der Waals surface area (Å²) in [6.45, 7) is 0. The molecule has 0 unspecified atom stereocenters. The largest absolute Gasteiger partial charge is 0.279 e. The summed E-state index contributed by atoms with van der Waals surface area (Å²) >= 11 is 3.01. The Labute approximate surface area is 177 Å². The molecule has 0 spiro atoms. The van der Waals surface area contributed by atoms with Crippen molar-refractivity contribution in [2.24, 2.45) is 0 Å². The number of pyridine rings is 1. The summed E-state index contributed by atoms with van der Waals surface area (Å²) in [6.07, 6.45) is 10.5. The third-order valence-electron chi connectivity index (χ3n) is 4.84. The van der Waals surface area contributed by atoms with Crippen LogP contribution in [0.5, 0.6) is 0 Å². The lowest BCUT2D eigenvalue weighted by Crippen LogP contribution is -2.42. The molecule has 0 aromatic carbocycles. The molecule has 3 heterocycles. The minimum atomic E-state index is -0.295. The fraction of sp³-hybridized carbons (Fsp3) is 0.333. The number of aromatic nitrogens is 2. The van der Waals surface area contributed by atoms with Gasteiger partial charge in [0.2, 0.25) is 5.91 Å². The fourth-order valence-electron chi connectivity index (χ4n) is 3.36. The zero-order chi connectivity index (χ0) is 20.1. The minimum Gasteiger partial charge on any atom is -0.273 e. The van der Waals surface area contributed by atoms with E-state index in [-0.39, 0.29) is 18.2 Å². The van der Waals surface area contributed by atoms with Crippen molar-refractivity contribution in [3.8, 4) is 10.6 Å². The van der Waals surface area contributed by atoms with Crippen LogP contribution in [-0.4, -0.2) is 21.8 Å². The number of thiazole rings is 1. The lowest BCUT2D eigenvalue weighted by Gasteiger charge is -2.07. The molecule has 1 aliphatic carbocycles. The number of amides is 2. The molecule has 0 bridgehead atoms. The lowest BCUT2D eigenvalue weighted by molar-refractivity contribution is -0.121. The number of thiophene rings is 1. The SMILES string of the molecule is O=C(Cc1csc(-c2cccnc2)n1)NNC(=O)c1cc2c(s1)CCCCCC2. The monoisotopic (exact) mass is 426 g/mol. The lowest BCUT2D eigenvalue weighted by atomic mass is 10.00. The van der Waals surface area contributed by atoms with E-state index < -0.39 is 0 Å². The molecule has 8 heteroatoms. The molecule has 3 aromatic heterocycles. The topological polar surface area (TPSA) is 84.0 Å². The van der Waals surface area contributed by atoms with Crippen molar-refractivity contribution in [3.63, 3.8) is 0 Å². The van der Waals surface area contributed by atoms with Crippen molar-refractivity contribution in [1.82, 2.24) is 20.8 Å². The predicted molar refractivity (Wildman–Crippen MR) is 115 cm³/mol. The number of fused-ring (bicyclic) bond motifs is 1. The van der Waals surface area contributed by atoms with Crippen molar-refractivity contribution >= 4 is 34.5 Å². The average Bonchev–Trinajstić information content (AvgIpc) is 3.34. The molecule has 150 valence electrons. The zero-order valence-corrected chi connectivity index (χ0v) is 17.6. The van der Waals surface area contributed by atoms with E-state index in [0.717, 1.165) is 23.4 Å². The van der Waals surface area contributed by atoms with Crippen molar-refractivity contribution < 1.29 is 9.59 Å². The van der Waals surface area contributed by atoms with Crippen molar-refractivity contribution in [3.05, 3.63) is 57.0 Å². The molecule has 0 saturated heterocycles. The van der Waals surface area contributed by atoms with E-state index >= 15 is 0 Å². The van der Waals surface area contributed by atoms with Gasteiger partial charge in [-0.05, 0) is 49.4 Å². The number of hydrogen-bond acceptors (Lipinski definition) is 6. The maximum absolute atomic E-state index is 12.4. The first-order valence-corrected chi connectivity index (χ1v) is 11.4. The Kier molecular flexibility index (Phi) is 6.31. The first-order chi connectivity index (χ1) is 14.2. The summed E-state index contributed by atoms with van der Waals surface area (Å²) in [5.74, 6) is -0.555. The van der Waals surface area contributed by atoms with Crippen LogP contribution in [0.4, 0.5) is 0 Å². The molecule has 2 N–H and O–H groups in total. The molecule has 1 aliphatic rings. The molecule has 0 aliphatic heterocycles. The van der Waals surface area contributed by atoms with E-state index in [1.807, 2.05) is 23.6 Å². The molecule has 0 radical (unpaired) electrons. The van der Waals surface area contributed by atoms with Gasteiger partial charge in [-0.25, -0.2) is 4.98 Å². The smallest absolute Gasteiger partial charge is 0.273 e. The van der Waals surface area contributed by atoms with Gasteiger partial charge < -0.3 is 0 Å². The minimum absolute atomic E-state index is 0.109. The van der Waals surface area contributed by atoms with Crippen molar-refractivity contribution in [2.45, 2.75) is 44.9 Å². The molecule has 0 atom stereocenters. The van der Waals surface area contributed by atoms with Gasteiger partial charge in [0.15, 0.2) is 0 Å². The number of rotatable bonds is 4. The van der Waals surface area contributed by atoms with E-state index in [0.29, 0.717) is 10.6 Å². The number of hydrazine groups is 1. The van der Waals surface area contributed by atoms with Crippen LogP contribution in [0.25, 0.3) is 10.6 Å². The van der Waals surface area contributed by atoms with Crippen LogP contribution < -0.4 is 10.9 Å². The Morgan fingerprint density at radius 1 is 1.10 bits per heavy atom. The Balaban J connectivity index is 1.31. The van der Waals surface area contributed by atoms with Gasteiger partial charge in [0, 0.05) is 28.2 Å². The van der Waals surface area contributed by atoms with Crippen LogP contribution in [0.15, 0.2) is 36.0 Å². The highest BCUT2D eigenvalue weighted by atomic mass is 32.1. The van der Waals surface area contributed by atoms with Gasteiger partial charge in [0.05, 0.1) is 17.0 Å². The molecular formula is C21H22N4O2S2. The summed E-state index contributed by atoms with van der Waals surface area (Å²) < 4.78 is 0. The average molecular weight is 427 g/mol. The summed E-state index contributed by atoms with van der Waals surface area (Å²) in [6, 6.07) is 5.76. The highest BCUT2D eigenvalue weighted by Crippen LogP contribution is 2.28. The Morgan fingerprint density at radius 3 is 2.79 bits per heavy atom. The van der Waals surface area contributed by atoms with Gasteiger partial charge in [-0.15, -0.1) is 22.7 Å². The normalized spacial score (nSPS) is 13.8. The second-order valence-corrected chi connectivity index (χ2v) is 9.03. The number of carbonyl (C=O) groups is 2. The Hall–Kier alpha value is -2.58. The third-order valence-corrected chi connectivity index (χ3v) is 7.01. The number of hydrogen-bond donors (Lipinski definition) is 2. The summed E-state index contributed by atoms with van der Waals surface area (Å²) in [4.78, 5) is 35.2. The van der Waals surface area contributed by atoms with Crippen LogP contribution in [-0.2, 0) is 24.1 Å². The van der Waals surface area contributed by atoms with Gasteiger partial charge >= 0.3 is 0 Å². The first kappa shape index (κ1) is 19.7. The summed E-state index contributed by atoms with van der Waals surface area (Å²) in [5, 5.41) is 2.67. The summed E-state index contributed by atoms with van der Waals surface area (Å²) in [5.41, 5.74) is 7.92. The Bertz CT molecular complexity index is 972. The van der Waals surface area contributed by atoms with E-state index in [2.05, 4.69) is 20.8 Å². The standard InChI is InChI=1S/C21H22N4O2S2/c26-19(11-16-13-28-21(23-16)15-7-5-9-22-12-15)24-25-20(27)18-10-14-6-3-1-2-4-8-17(14)29-18/h5,7,9-10,12-13H,1-4,6,8,11H2,(H,24,26)(H,25,27). The van der Waals surface area contributed by atoms with E-state index in [9.17, 15) is 9.59 Å². The third kappa shape index (κ3) is 5.07. The van der Waals surface area contributed by atoms with Gasteiger partial charge in [-0.1, -0.05) is 12.8 Å². The van der Waals surface area contributed by atoms with Crippen LogP contribution in [0.1, 0.15) is 51.5 Å². The maximum atomic E-state index is 12.4. The van der Waals surface area contributed by atoms with Crippen molar-refractivity contribution in [2.75, 3.05) is 0 Å².